The Morgan fingerprint density at radius 2 is 2.09 bits per heavy atom. The van der Waals surface area contributed by atoms with Crippen LogP contribution >= 0.6 is 0 Å². The SMILES string of the molecule is Cn1c(=O)c(CNC(=O)c2ccncn2)cc2ccccc21. The van der Waals surface area contributed by atoms with Crippen LogP contribution in [0, 0.1) is 0 Å². The lowest BCUT2D eigenvalue weighted by Gasteiger charge is -2.09. The van der Waals surface area contributed by atoms with Gasteiger partial charge in [0.05, 0.1) is 5.52 Å². The third-order valence-corrected chi connectivity index (χ3v) is 3.46. The van der Waals surface area contributed by atoms with E-state index in [4.69, 9.17) is 0 Å². The molecule has 0 radical (unpaired) electrons. The molecule has 0 bridgehead atoms. The van der Waals surface area contributed by atoms with Crippen LogP contribution in [-0.2, 0) is 13.6 Å². The first-order valence-corrected chi connectivity index (χ1v) is 6.78. The number of hydrogen-bond acceptors (Lipinski definition) is 4. The molecule has 3 aromatic rings. The van der Waals surface area contributed by atoms with E-state index in [1.54, 1.807) is 17.7 Å². The molecular weight excluding hydrogens is 280 g/mol. The van der Waals surface area contributed by atoms with Crippen molar-refractivity contribution in [1.29, 1.82) is 0 Å². The molecule has 0 saturated heterocycles. The summed E-state index contributed by atoms with van der Waals surface area (Å²) in [6.45, 7) is 0.153. The molecule has 3 rings (SSSR count). The van der Waals surface area contributed by atoms with Crippen LogP contribution in [-0.4, -0.2) is 20.4 Å². The zero-order chi connectivity index (χ0) is 15.5. The van der Waals surface area contributed by atoms with Crippen molar-refractivity contribution in [3.63, 3.8) is 0 Å². The van der Waals surface area contributed by atoms with E-state index in [2.05, 4.69) is 15.3 Å². The summed E-state index contributed by atoms with van der Waals surface area (Å²) in [7, 11) is 1.72. The number of nitrogens with one attached hydrogen (secondary N) is 1. The van der Waals surface area contributed by atoms with Gasteiger partial charge in [-0.25, -0.2) is 9.97 Å². The fourth-order valence-corrected chi connectivity index (χ4v) is 2.31. The van der Waals surface area contributed by atoms with Gasteiger partial charge in [0.1, 0.15) is 12.0 Å². The number of fused-ring (bicyclic) bond motifs is 1. The number of carbonyl (C=O) groups is 1. The lowest BCUT2D eigenvalue weighted by molar-refractivity contribution is 0.0945. The Kier molecular flexibility index (Phi) is 3.65. The predicted octanol–water partition coefficient (Wildman–Crippen LogP) is 1.26. The largest absolute Gasteiger partial charge is 0.346 e. The van der Waals surface area contributed by atoms with Gasteiger partial charge < -0.3 is 9.88 Å². The van der Waals surface area contributed by atoms with E-state index in [1.807, 2.05) is 24.3 Å². The van der Waals surface area contributed by atoms with E-state index in [-0.39, 0.29) is 23.7 Å². The molecule has 0 saturated carbocycles. The van der Waals surface area contributed by atoms with Crippen molar-refractivity contribution in [3.05, 3.63) is 70.5 Å². The maximum absolute atomic E-state index is 12.3. The summed E-state index contributed by atoms with van der Waals surface area (Å²) < 4.78 is 1.58. The van der Waals surface area contributed by atoms with E-state index < -0.39 is 0 Å². The summed E-state index contributed by atoms with van der Waals surface area (Å²) in [5.74, 6) is -0.336. The Morgan fingerprint density at radius 1 is 1.27 bits per heavy atom. The lowest BCUT2D eigenvalue weighted by Crippen LogP contribution is -2.29. The van der Waals surface area contributed by atoms with Crippen LogP contribution in [0.4, 0.5) is 0 Å². The van der Waals surface area contributed by atoms with Gasteiger partial charge in [0.2, 0.25) is 0 Å². The van der Waals surface area contributed by atoms with Crippen LogP contribution in [0.5, 0.6) is 0 Å². The number of nitrogens with zero attached hydrogens (tertiary/aromatic N) is 3. The average Bonchev–Trinajstić information content (AvgIpc) is 2.57. The summed E-state index contributed by atoms with van der Waals surface area (Å²) >= 11 is 0. The fourth-order valence-electron chi connectivity index (χ4n) is 2.31. The molecule has 2 heterocycles. The second-order valence-electron chi connectivity index (χ2n) is 4.87. The number of amides is 1. The van der Waals surface area contributed by atoms with Gasteiger partial charge in [0.15, 0.2) is 0 Å². The number of aryl methyl sites for hydroxylation is 1. The zero-order valence-electron chi connectivity index (χ0n) is 12.0. The molecule has 2 aromatic heterocycles. The highest BCUT2D eigenvalue weighted by Gasteiger charge is 2.10. The van der Waals surface area contributed by atoms with Crippen molar-refractivity contribution in [2.45, 2.75) is 6.54 Å². The topological polar surface area (TPSA) is 76.9 Å². The van der Waals surface area contributed by atoms with Gasteiger partial charge in [-0.1, -0.05) is 18.2 Å². The molecule has 6 heteroatoms. The molecular formula is C16H14N4O2. The molecule has 6 nitrogen and oxygen atoms in total. The quantitative estimate of drug-likeness (QED) is 0.789. The Balaban J connectivity index is 1.87. The van der Waals surface area contributed by atoms with E-state index in [0.717, 1.165) is 10.9 Å². The fraction of sp³-hybridized carbons (Fsp3) is 0.125. The monoisotopic (exact) mass is 294 g/mol. The van der Waals surface area contributed by atoms with Crippen molar-refractivity contribution in [1.82, 2.24) is 19.9 Å². The van der Waals surface area contributed by atoms with Gasteiger partial charge in [-0.3, -0.25) is 9.59 Å². The minimum Gasteiger partial charge on any atom is -0.346 e. The van der Waals surface area contributed by atoms with Crippen LogP contribution in [0.25, 0.3) is 10.9 Å². The normalized spacial score (nSPS) is 10.6. The highest BCUT2D eigenvalue weighted by Crippen LogP contribution is 2.12. The van der Waals surface area contributed by atoms with Crippen LogP contribution in [0.2, 0.25) is 0 Å². The van der Waals surface area contributed by atoms with Gasteiger partial charge in [0.25, 0.3) is 11.5 Å². The lowest BCUT2D eigenvalue weighted by atomic mass is 10.1. The number of carbonyl (C=O) groups excluding carboxylic acids is 1. The summed E-state index contributed by atoms with van der Waals surface area (Å²) in [6, 6.07) is 10.9. The first-order valence-electron chi connectivity index (χ1n) is 6.78. The minimum atomic E-state index is -0.336. The highest BCUT2D eigenvalue weighted by atomic mass is 16.2. The van der Waals surface area contributed by atoms with Gasteiger partial charge in [-0.15, -0.1) is 0 Å². The first-order chi connectivity index (χ1) is 10.7. The summed E-state index contributed by atoms with van der Waals surface area (Å²) in [5.41, 5.74) is 1.54. The Bertz CT molecular complexity index is 888. The molecule has 0 fully saturated rings. The van der Waals surface area contributed by atoms with E-state index in [0.29, 0.717) is 5.56 Å². The van der Waals surface area contributed by atoms with Crippen molar-refractivity contribution < 1.29 is 4.79 Å². The maximum Gasteiger partial charge on any atom is 0.270 e. The molecule has 1 N–H and O–H groups in total. The van der Waals surface area contributed by atoms with Gasteiger partial charge in [-0.2, -0.15) is 0 Å². The van der Waals surface area contributed by atoms with Crippen LogP contribution in [0.1, 0.15) is 16.1 Å². The second-order valence-corrected chi connectivity index (χ2v) is 4.87. The molecule has 0 aliphatic carbocycles. The van der Waals surface area contributed by atoms with Crippen molar-refractivity contribution in [2.24, 2.45) is 7.05 Å². The molecule has 0 atom stereocenters. The number of benzene rings is 1. The third-order valence-electron chi connectivity index (χ3n) is 3.46. The van der Waals surface area contributed by atoms with Crippen molar-refractivity contribution in [3.8, 4) is 0 Å². The minimum absolute atomic E-state index is 0.123. The molecule has 1 amide bonds. The Hall–Kier alpha value is -3.02. The molecule has 1 aromatic carbocycles. The van der Waals surface area contributed by atoms with E-state index in [1.165, 1.54) is 18.6 Å². The average molecular weight is 294 g/mol. The third kappa shape index (κ3) is 2.58. The van der Waals surface area contributed by atoms with Gasteiger partial charge >= 0.3 is 0 Å². The van der Waals surface area contributed by atoms with Gasteiger partial charge in [-0.05, 0) is 23.6 Å². The number of rotatable bonds is 3. The van der Waals surface area contributed by atoms with E-state index >= 15 is 0 Å². The zero-order valence-corrected chi connectivity index (χ0v) is 12.0. The summed E-state index contributed by atoms with van der Waals surface area (Å²) in [6.07, 6.45) is 2.81. The van der Waals surface area contributed by atoms with Crippen LogP contribution in [0.15, 0.2) is 53.7 Å². The summed E-state index contributed by atoms with van der Waals surface area (Å²) in [5, 5.41) is 3.66. The molecule has 110 valence electrons. The van der Waals surface area contributed by atoms with E-state index in [9.17, 15) is 9.59 Å². The molecule has 0 unspecified atom stereocenters. The van der Waals surface area contributed by atoms with Crippen molar-refractivity contribution in [2.75, 3.05) is 0 Å². The smallest absolute Gasteiger partial charge is 0.270 e. The van der Waals surface area contributed by atoms with Crippen LogP contribution < -0.4 is 10.9 Å². The van der Waals surface area contributed by atoms with Gasteiger partial charge in [0, 0.05) is 25.4 Å². The molecule has 0 aliphatic heterocycles. The number of pyridine rings is 1. The molecule has 0 aliphatic rings. The second kappa shape index (κ2) is 5.77. The Labute approximate surface area is 126 Å². The maximum atomic E-state index is 12.3. The molecule has 0 spiro atoms. The highest BCUT2D eigenvalue weighted by molar-refractivity contribution is 5.92. The standard InChI is InChI=1S/C16H14N4O2/c1-20-14-5-3-2-4-11(14)8-12(16(20)22)9-18-15(21)13-6-7-17-10-19-13/h2-8,10H,9H2,1H3,(H,18,21). The number of para-hydroxylation sites is 1. The summed E-state index contributed by atoms with van der Waals surface area (Å²) in [4.78, 5) is 31.9. The first kappa shape index (κ1) is 13.9. The Morgan fingerprint density at radius 3 is 2.86 bits per heavy atom. The number of aromatic nitrogens is 3. The predicted molar refractivity (Wildman–Crippen MR) is 82.4 cm³/mol. The van der Waals surface area contributed by atoms with Crippen molar-refractivity contribution >= 4 is 16.8 Å². The number of hydrogen-bond donors (Lipinski definition) is 1. The molecule has 22 heavy (non-hydrogen) atoms. The van der Waals surface area contributed by atoms with Crippen LogP contribution in [0.3, 0.4) is 0 Å².